The van der Waals surface area contributed by atoms with Crippen molar-refractivity contribution in [1.29, 1.82) is 0 Å². The summed E-state index contributed by atoms with van der Waals surface area (Å²) in [5.74, 6) is 0.513. The van der Waals surface area contributed by atoms with E-state index in [1.165, 1.54) is 0 Å². The van der Waals surface area contributed by atoms with E-state index >= 15 is 0 Å². The number of hydrogen-bond donors (Lipinski definition) is 0. The smallest absolute Gasteiger partial charge is 0.414 e. The van der Waals surface area contributed by atoms with Crippen molar-refractivity contribution in [2.45, 2.75) is 32.4 Å². The number of para-hydroxylation sites is 1. The minimum atomic E-state index is -0.234. The van der Waals surface area contributed by atoms with Crippen LogP contribution in [-0.4, -0.2) is 36.7 Å². The van der Waals surface area contributed by atoms with Gasteiger partial charge < -0.3 is 4.74 Å². The topological polar surface area (TPSA) is 32.8 Å². The fraction of sp³-hybridized carbons (Fsp3) is 0.409. The van der Waals surface area contributed by atoms with Gasteiger partial charge in [0.25, 0.3) is 0 Å². The molecule has 3 aliphatic rings. The number of benzene rings is 2. The summed E-state index contributed by atoms with van der Waals surface area (Å²) in [7, 11) is 0. The van der Waals surface area contributed by atoms with E-state index < -0.39 is 0 Å². The lowest BCUT2D eigenvalue weighted by atomic mass is 9.86. The van der Waals surface area contributed by atoms with E-state index in [4.69, 9.17) is 4.74 Å². The Bertz CT molecular complexity index is 754. The molecule has 2 bridgehead atoms. The average molecular weight is 350 g/mol. The molecule has 0 saturated carbocycles. The van der Waals surface area contributed by atoms with Gasteiger partial charge in [0.05, 0.1) is 12.2 Å². The van der Waals surface area contributed by atoms with Crippen LogP contribution < -0.4 is 4.90 Å². The Labute approximate surface area is 155 Å². The SMILES string of the molecule is Cc1ccccc1N(Cc1ccccc1)C(=O)OC1CN2CCC1CC2. The van der Waals surface area contributed by atoms with Crippen LogP contribution >= 0.6 is 0 Å². The molecule has 2 aromatic carbocycles. The maximum absolute atomic E-state index is 13.1. The maximum Gasteiger partial charge on any atom is 0.414 e. The standard InChI is InChI=1S/C22H26N2O2/c1-17-7-5-6-10-20(17)24(15-18-8-3-2-4-9-18)22(25)26-21-16-23-13-11-19(21)12-14-23/h2-10,19,21H,11-16H2,1H3. The van der Waals surface area contributed by atoms with Crippen molar-refractivity contribution in [3.8, 4) is 0 Å². The third kappa shape index (κ3) is 3.61. The van der Waals surface area contributed by atoms with Gasteiger partial charge in [-0.1, -0.05) is 48.5 Å². The molecule has 3 saturated heterocycles. The number of carbonyl (C=O) groups is 1. The number of carbonyl (C=O) groups excluding carboxylic acids is 1. The summed E-state index contributed by atoms with van der Waals surface area (Å²) in [6.07, 6.45) is 2.07. The monoisotopic (exact) mass is 350 g/mol. The Morgan fingerprint density at radius 2 is 1.77 bits per heavy atom. The molecule has 4 nitrogen and oxygen atoms in total. The predicted octanol–water partition coefficient (Wildman–Crippen LogP) is 4.23. The van der Waals surface area contributed by atoms with Gasteiger partial charge in [-0.15, -0.1) is 0 Å². The number of fused-ring (bicyclic) bond motifs is 3. The van der Waals surface area contributed by atoms with E-state index in [-0.39, 0.29) is 12.2 Å². The number of hydrogen-bond acceptors (Lipinski definition) is 3. The van der Waals surface area contributed by atoms with E-state index in [1.54, 1.807) is 4.90 Å². The molecule has 3 fully saturated rings. The molecule has 0 spiro atoms. The summed E-state index contributed by atoms with van der Waals surface area (Å²) in [6.45, 7) is 5.72. The largest absolute Gasteiger partial charge is 0.444 e. The molecule has 136 valence electrons. The molecule has 2 aromatic rings. The zero-order valence-electron chi connectivity index (χ0n) is 15.3. The first-order valence-corrected chi connectivity index (χ1v) is 9.51. The molecule has 5 rings (SSSR count). The Kier molecular flexibility index (Phi) is 4.93. The van der Waals surface area contributed by atoms with Crippen molar-refractivity contribution in [1.82, 2.24) is 4.90 Å². The maximum atomic E-state index is 13.1. The molecule has 0 radical (unpaired) electrons. The third-order valence-corrected chi connectivity index (χ3v) is 5.66. The number of ether oxygens (including phenoxy) is 1. The Morgan fingerprint density at radius 3 is 2.42 bits per heavy atom. The number of aryl methyl sites for hydroxylation is 1. The van der Waals surface area contributed by atoms with Crippen molar-refractivity contribution < 1.29 is 9.53 Å². The first-order valence-electron chi connectivity index (χ1n) is 9.51. The van der Waals surface area contributed by atoms with Crippen LogP contribution in [0.1, 0.15) is 24.0 Å². The quantitative estimate of drug-likeness (QED) is 0.827. The zero-order valence-corrected chi connectivity index (χ0v) is 15.3. The second-order valence-corrected chi connectivity index (χ2v) is 7.42. The Hall–Kier alpha value is -2.33. The predicted molar refractivity (Wildman–Crippen MR) is 103 cm³/mol. The molecule has 0 aliphatic carbocycles. The molecule has 26 heavy (non-hydrogen) atoms. The first kappa shape index (κ1) is 17.1. The lowest BCUT2D eigenvalue weighted by molar-refractivity contribution is -0.0311. The van der Waals surface area contributed by atoms with Crippen molar-refractivity contribution in [2.75, 3.05) is 24.5 Å². The van der Waals surface area contributed by atoms with Crippen LogP contribution in [0.5, 0.6) is 0 Å². The van der Waals surface area contributed by atoms with Gasteiger partial charge in [0.15, 0.2) is 0 Å². The fourth-order valence-corrected chi connectivity index (χ4v) is 4.12. The Balaban J connectivity index is 1.56. The summed E-state index contributed by atoms with van der Waals surface area (Å²) in [5.41, 5.74) is 3.10. The van der Waals surface area contributed by atoms with E-state index in [2.05, 4.69) is 4.90 Å². The van der Waals surface area contributed by atoms with Crippen molar-refractivity contribution in [2.24, 2.45) is 5.92 Å². The molecular weight excluding hydrogens is 324 g/mol. The highest BCUT2D eigenvalue weighted by Crippen LogP contribution is 2.31. The van der Waals surface area contributed by atoms with Crippen LogP contribution in [-0.2, 0) is 11.3 Å². The molecule has 3 aliphatic heterocycles. The van der Waals surface area contributed by atoms with Crippen molar-refractivity contribution in [3.05, 3.63) is 65.7 Å². The number of amides is 1. The lowest BCUT2D eigenvalue weighted by Crippen LogP contribution is -2.53. The molecule has 1 unspecified atom stereocenters. The van der Waals surface area contributed by atoms with Crippen molar-refractivity contribution in [3.63, 3.8) is 0 Å². The first-order chi connectivity index (χ1) is 12.7. The highest BCUT2D eigenvalue weighted by Gasteiger charge is 2.37. The molecule has 3 heterocycles. The minimum absolute atomic E-state index is 0.0206. The number of rotatable bonds is 4. The van der Waals surface area contributed by atoms with Crippen molar-refractivity contribution >= 4 is 11.8 Å². The summed E-state index contributed by atoms with van der Waals surface area (Å²) in [4.78, 5) is 17.3. The summed E-state index contributed by atoms with van der Waals surface area (Å²) in [5, 5.41) is 0. The molecule has 1 amide bonds. The zero-order chi connectivity index (χ0) is 17.9. The highest BCUT2D eigenvalue weighted by molar-refractivity contribution is 5.88. The second kappa shape index (κ2) is 7.50. The third-order valence-electron chi connectivity index (χ3n) is 5.66. The van der Waals surface area contributed by atoms with Gasteiger partial charge in [0.1, 0.15) is 6.10 Å². The number of anilines is 1. The summed E-state index contributed by atoms with van der Waals surface area (Å²) >= 11 is 0. The van der Waals surface area contributed by atoms with Crippen LogP contribution in [0.3, 0.4) is 0 Å². The van der Waals surface area contributed by atoms with Crippen LogP contribution in [0.4, 0.5) is 10.5 Å². The van der Waals surface area contributed by atoms with Crippen LogP contribution in [0.25, 0.3) is 0 Å². The summed E-state index contributed by atoms with van der Waals surface area (Å²) < 4.78 is 6.01. The number of nitrogens with zero attached hydrogens (tertiary/aromatic N) is 2. The van der Waals surface area contributed by atoms with Gasteiger partial charge >= 0.3 is 6.09 Å². The van der Waals surface area contributed by atoms with E-state index in [0.29, 0.717) is 12.5 Å². The van der Waals surface area contributed by atoms with E-state index in [0.717, 1.165) is 49.3 Å². The molecule has 4 heteroatoms. The van der Waals surface area contributed by atoms with Gasteiger partial charge in [-0.05, 0) is 56.0 Å². The molecule has 0 aromatic heterocycles. The van der Waals surface area contributed by atoms with Crippen LogP contribution in [0.2, 0.25) is 0 Å². The highest BCUT2D eigenvalue weighted by atomic mass is 16.6. The van der Waals surface area contributed by atoms with Gasteiger partial charge in [-0.2, -0.15) is 0 Å². The molecule has 0 N–H and O–H groups in total. The number of piperidine rings is 3. The van der Waals surface area contributed by atoms with Gasteiger partial charge in [0.2, 0.25) is 0 Å². The lowest BCUT2D eigenvalue weighted by Gasteiger charge is -2.44. The average Bonchev–Trinajstić information content (AvgIpc) is 2.68. The minimum Gasteiger partial charge on any atom is -0.444 e. The molecule has 1 atom stereocenters. The van der Waals surface area contributed by atoms with Gasteiger partial charge in [-0.3, -0.25) is 9.80 Å². The second-order valence-electron chi connectivity index (χ2n) is 7.42. The van der Waals surface area contributed by atoms with Crippen LogP contribution in [0, 0.1) is 12.8 Å². The molecular formula is C22H26N2O2. The van der Waals surface area contributed by atoms with Crippen LogP contribution in [0.15, 0.2) is 54.6 Å². The normalized spacial score (nSPS) is 24.3. The van der Waals surface area contributed by atoms with E-state index in [9.17, 15) is 4.79 Å². The fourth-order valence-electron chi connectivity index (χ4n) is 4.12. The Morgan fingerprint density at radius 1 is 1.08 bits per heavy atom. The van der Waals surface area contributed by atoms with Gasteiger partial charge in [-0.25, -0.2) is 4.79 Å². The van der Waals surface area contributed by atoms with E-state index in [1.807, 2.05) is 61.5 Å². The summed E-state index contributed by atoms with van der Waals surface area (Å²) in [6, 6.07) is 18.1. The van der Waals surface area contributed by atoms with Gasteiger partial charge in [0, 0.05) is 6.54 Å².